The van der Waals surface area contributed by atoms with Gasteiger partial charge in [0.15, 0.2) is 6.10 Å². The largest absolute Gasteiger partial charge is 0.497 e. The number of methoxy groups -OCH3 is 1. The molecule has 34 heavy (non-hydrogen) atoms. The zero-order chi connectivity index (χ0) is 24.5. The second-order valence-electron chi connectivity index (χ2n) is 7.47. The maximum atomic E-state index is 12.8. The van der Waals surface area contributed by atoms with Crippen molar-refractivity contribution in [3.63, 3.8) is 0 Å². The van der Waals surface area contributed by atoms with Gasteiger partial charge in [-0.05, 0) is 48.9 Å². The van der Waals surface area contributed by atoms with E-state index >= 15 is 0 Å². The molecule has 0 bridgehead atoms. The summed E-state index contributed by atoms with van der Waals surface area (Å²) in [6.45, 7) is 1.48. The van der Waals surface area contributed by atoms with Crippen LogP contribution in [0, 0.1) is 0 Å². The van der Waals surface area contributed by atoms with Crippen LogP contribution >= 0.6 is 11.6 Å². The molecule has 0 aromatic heterocycles. The Morgan fingerprint density at radius 2 is 1.56 bits per heavy atom. The number of hydrogen-bond donors (Lipinski definition) is 2. The highest BCUT2D eigenvalue weighted by molar-refractivity contribution is 6.33. The Kier molecular flexibility index (Phi) is 8.65. The highest BCUT2D eigenvalue weighted by Crippen LogP contribution is 2.21. The summed E-state index contributed by atoms with van der Waals surface area (Å²) in [5.74, 6) is -0.874. The molecule has 0 aliphatic carbocycles. The van der Waals surface area contributed by atoms with Gasteiger partial charge in [-0.15, -0.1) is 0 Å². The van der Waals surface area contributed by atoms with Gasteiger partial charge in [-0.2, -0.15) is 0 Å². The van der Waals surface area contributed by atoms with Crippen molar-refractivity contribution in [3.8, 4) is 5.75 Å². The van der Waals surface area contributed by atoms with Crippen LogP contribution in [0.2, 0.25) is 5.02 Å². The van der Waals surface area contributed by atoms with Crippen LogP contribution in [0.1, 0.15) is 35.3 Å². The van der Waals surface area contributed by atoms with Gasteiger partial charge in [0.1, 0.15) is 5.75 Å². The molecule has 0 saturated carbocycles. The maximum absolute atomic E-state index is 12.8. The summed E-state index contributed by atoms with van der Waals surface area (Å²) < 4.78 is 10.4. The van der Waals surface area contributed by atoms with E-state index in [1.54, 1.807) is 79.9 Å². The average Bonchev–Trinajstić information content (AvgIpc) is 2.84. The molecule has 0 saturated heterocycles. The highest BCUT2D eigenvalue weighted by Gasteiger charge is 2.24. The highest BCUT2D eigenvalue weighted by atomic mass is 35.5. The van der Waals surface area contributed by atoms with E-state index in [-0.39, 0.29) is 6.42 Å². The molecule has 0 aliphatic rings. The number of halogens is 1. The Balaban J connectivity index is 1.64. The molecule has 176 valence electrons. The Labute approximate surface area is 203 Å². The third kappa shape index (κ3) is 6.83. The first kappa shape index (κ1) is 24.8. The minimum atomic E-state index is -1.04. The van der Waals surface area contributed by atoms with Gasteiger partial charge in [0.05, 0.1) is 30.2 Å². The lowest BCUT2D eigenvalue weighted by atomic mass is 10.0. The van der Waals surface area contributed by atoms with Crippen LogP contribution in [0.15, 0.2) is 78.9 Å². The molecule has 3 rings (SSSR count). The summed E-state index contributed by atoms with van der Waals surface area (Å²) in [5.41, 5.74) is 1.56. The summed E-state index contributed by atoms with van der Waals surface area (Å²) in [5, 5.41) is 5.83. The van der Waals surface area contributed by atoms with Gasteiger partial charge in [0.25, 0.3) is 11.8 Å². The number of ether oxygens (including phenoxy) is 2. The van der Waals surface area contributed by atoms with Crippen LogP contribution in [-0.4, -0.2) is 31.0 Å². The fraction of sp³-hybridized carbons (Fsp3) is 0.192. The summed E-state index contributed by atoms with van der Waals surface area (Å²) >= 11 is 6.14. The minimum absolute atomic E-state index is 0.166. The molecule has 7 nitrogen and oxygen atoms in total. The zero-order valence-electron chi connectivity index (χ0n) is 18.8. The summed E-state index contributed by atoms with van der Waals surface area (Å²) in [4.78, 5) is 37.9. The monoisotopic (exact) mass is 480 g/mol. The molecule has 2 atom stereocenters. The number of esters is 1. The van der Waals surface area contributed by atoms with Crippen LogP contribution in [0.4, 0.5) is 5.69 Å². The molecule has 0 aliphatic heterocycles. The number of carbonyl (C=O) groups excluding carboxylic acids is 3. The maximum Gasteiger partial charge on any atom is 0.309 e. The predicted molar refractivity (Wildman–Crippen MR) is 130 cm³/mol. The van der Waals surface area contributed by atoms with Crippen molar-refractivity contribution in [2.75, 3.05) is 12.4 Å². The van der Waals surface area contributed by atoms with Gasteiger partial charge < -0.3 is 20.1 Å². The van der Waals surface area contributed by atoms with E-state index in [0.29, 0.717) is 22.0 Å². The van der Waals surface area contributed by atoms with E-state index in [0.717, 1.165) is 5.56 Å². The third-order valence-corrected chi connectivity index (χ3v) is 5.36. The molecule has 2 amide bonds. The van der Waals surface area contributed by atoms with Crippen LogP contribution in [0.25, 0.3) is 0 Å². The molecular weight excluding hydrogens is 456 g/mol. The van der Waals surface area contributed by atoms with Gasteiger partial charge >= 0.3 is 5.97 Å². The lowest BCUT2D eigenvalue weighted by molar-refractivity contribution is -0.153. The SMILES string of the molecule is COc1ccc(NC(=O)C(C)OC(=O)CC(NC(=O)c2ccccc2Cl)c2ccccc2)cc1. The van der Waals surface area contributed by atoms with Crippen LogP contribution in [-0.2, 0) is 14.3 Å². The number of rotatable bonds is 9. The van der Waals surface area contributed by atoms with Gasteiger partial charge in [-0.25, -0.2) is 0 Å². The molecule has 0 heterocycles. The average molecular weight is 481 g/mol. The Bertz CT molecular complexity index is 1140. The molecule has 3 aromatic carbocycles. The Hall–Kier alpha value is -3.84. The number of benzene rings is 3. The molecule has 0 spiro atoms. The molecule has 3 aromatic rings. The summed E-state index contributed by atoms with van der Waals surface area (Å²) in [6.07, 6.45) is -1.20. The molecule has 8 heteroatoms. The van der Waals surface area contributed by atoms with E-state index < -0.39 is 29.9 Å². The van der Waals surface area contributed by atoms with Gasteiger partial charge in [-0.1, -0.05) is 54.1 Å². The number of hydrogen-bond acceptors (Lipinski definition) is 5. The first-order chi connectivity index (χ1) is 16.4. The van der Waals surface area contributed by atoms with Crippen molar-refractivity contribution in [1.29, 1.82) is 0 Å². The number of anilines is 1. The second kappa shape index (κ2) is 11.9. The molecule has 0 radical (unpaired) electrons. The second-order valence-corrected chi connectivity index (χ2v) is 7.88. The van der Waals surface area contributed by atoms with Crippen molar-refractivity contribution in [2.45, 2.75) is 25.5 Å². The third-order valence-electron chi connectivity index (χ3n) is 5.03. The summed E-state index contributed by atoms with van der Waals surface area (Å²) in [7, 11) is 1.55. The van der Waals surface area contributed by atoms with Crippen LogP contribution in [0.3, 0.4) is 0 Å². The molecule has 2 unspecified atom stereocenters. The fourth-order valence-corrected chi connectivity index (χ4v) is 3.42. The van der Waals surface area contributed by atoms with E-state index in [2.05, 4.69) is 10.6 Å². The lowest BCUT2D eigenvalue weighted by Crippen LogP contribution is -2.34. The first-order valence-corrected chi connectivity index (χ1v) is 11.0. The smallest absolute Gasteiger partial charge is 0.309 e. The Morgan fingerprint density at radius 1 is 0.912 bits per heavy atom. The molecular formula is C26H25ClN2O5. The van der Waals surface area contributed by atoms with Gasteiger partial charge in [0.2, 0.25) is 0 Å². The van der Waals surface area contributed by atoms with E-state index in [9.17, 15) is 14.4 Å². The quantitative estimate of drug-likeness (QED) is 0.430. The topological polar surface area (TPSA) is 93.7 Å². The van der Waals surface area contributed by atoms with Crippen molar-refractivity contribution in [1.82, 2.24) is 5.32 Å². The zero-order valence-corrected chi connectivity index (χ0v) is 19.5. The van der Waals surface area contributed by atoms with Crippen molar-refractivity contribution >= 4 is 35.1 Å². The van der Waals surface area contributed by atoms with E-state index in [1.165, 1.54) is 6.92 Å². The van der Waals surface area contributed by atoms with Crippen LogP contribution < -0.4 is 15.4 Å². The molecule has 2 N–H and O–H groups in total. The van der Waals surface area contributed by atoms with Gasteiger partial charge in [-0.3, -0.25) is 14.4 Å². The predicted octanol–water partition coefficient (Wildman–Crippen LogP) is 4.78. The molecule has 0 fully saturated rings. The first-order valence-electron chi connectivity index (χ1n) is 10.6. The van der Waals surface area contributed by atoms with E-state index in [1.807, 2.05) is 6.07 Å². The Morgan fingerprint density at radius 3 is 2.21 bits per heavy atom. The minimum Gasteiger partial charge on any atom is -0.497 e. The number of nitrogens with one attached hydrogen (secondary N) is 2. The number of carbonyl (C=O) groups is 3. The van der Waals surface area contributed by atoms with Crippen molar-refractivity contribution in [2.24, 2.45) is 0 Å². The normalized spacial score (nSPS) is 12.2. The summed E-state index contributed by atoms with van der Waals surface area (Å²) in [6, 6.07) is 21.8. The van der Waals surface area contributed by atoms with Crippen molar-refractivity contribution < 1.29 is 23.9 Å². The number of amides is 2. The van der Waals surface area contributed by atoms with Crippen molar-refractivity contribution in [3.05, 3.63) is 95.0 Å². The fourth-order valence-electron chi connectivity index (χ4n) is 3.20. The van der Waals surface area contributed by atoms with E-state index in [4.69, 9.17) is 21.1 Å². The lowest BCUT2D eigenvalue weighted by Gasteiger charge is -2.20. The standard InChI is InChI=1S/C26H25ClN2O5/c1-17(25(31)28-19-12-14-20(33-2)15-13-19)34-24(30)16-23(18-8-4-3-5-9-18)29-26(32)21-10-6-7-11-22(21)27/h3-15,17,23H,16H2,1-2H3,(H,28,31)(H,29,32). The van der Waals surface area contributed by atoms with Gasteiger partial charge in [0, 0.05) is 5.69 Å². The van der Waals surface area contributed by atoms with Crippen LogP contribution in [0.5, 0.6) is 5.75 Å².